The smallest absolute Gasteiger partial charge is 0.258 e. The fourth-order valence-electron chi connectivity index (χ4n) is 3.86. The molecule has 0 radical (unpaired) electrons. The molecule has 0 atom stereocenters. The molecule has 0 aliphatic carbocycles. The maximum absolute atomic E-state index is 12.0. The third kappa shape index (κ3) is 3.70. The number of nitrogens with zero attached hydrogens (tertiary/aromatic N) is 1. The van der Waals surface area contributed by atoms with Crippen molar-refractivity contribution >= 4 is 28.9 Å². The van der Waals surface area contributed by atoms with Crippen LogP contribution in [0.25, 0.3) is 0 Å². The first-order valence-corrected chi connectivity index (χ1v) is 11.5. The van der Waals surface area contributed by atoms with Crippen molar-refractivity contribution < 1.29 is 4.92 Å². The zero-order valence-corrected chi connectivity index (χ0v) is 16.8. The average molecular weight is 398 g/mol. The highest BCUT2D eigenvalue weighted by Crippen LogP contribution is 2.59. The molecule has 0 heterocycles. The standard InChI is InChI=1S/C25H21NO2P/c27-26(28)24-18-10-11-19-25(24)29(22-14-6-2-7-15-22,23-16-8-3-9-17-23)20-21-12-4-1-5-13-21/h1-19H,20H2/q+1. The Morgan fingerprint density at radius 1 is 0.621 bits per heavy atom. The molecule has 0 saturated heterocycles. The summed E-state index contributed by atoms with van der Waals surface area (Å²) in [6, 6.07) is 38.0. The van der Waals surface area contributed by atoms with Crippen LogP contribution in [-0.4, -0.2) is 4.92 Å². The number of benzene rings is 4. The highest BCUT2D eigenvalue weighted by Gasteiger charge is 2.49. The summed E-state index contributed by atoms with van der Waals surface area (Å²) in [5.74, 6) is 0. The molecule has 29 heavy (non-hydrogen) atoms. The first-order valence-electron chi connectivity index (χ1n) is 9.49. The van der Waals surface area contributed by atoms with Gasteiger partial charge in [-0.25, -0.2) is 0 Å². The Labute approximate surface area is 171 Å². The summed E-state index contributed by atoms with van der Waals surface area (Å²) in [6.45, 7) is 0. The van der Waals surface area contributed by atoms with Gasteiger partial charge in [0.1, 0.15) is 17.9 Å². The summed E-state index contributed by atoms with van der Waals surface area (Å²) in [5.41, 5.74) is 1.36. The van der Waals surface area contributed by atoms with Gasteiger partial charge in [0.15, 0.2) is 5.30 Å². The van der Waals surface area contributed by atoms with Crippen molar-refractivity contribution in [2.45, 2.75) is 6.16 Å². The van der Waals surface area contributed by atoms with E-state index in [2.05, 4.69) is 36.4 Å². The van der Waals surface area contributed by atoms with Crippen LogP contribution in [0.4, 0.5) is 5.69 Å². The van der Waals surface area contributed by atoms with Crippen molar-refractivity contribution in [3.63, 3.8) is 0 Å². The predicted octanol–water partition coefficient (Wildman–Crippen LogP) is 5.09. The molecular formula is C25H21NO2P+. The van der Waals surface area contributed by atoms with Gasteiger partial charge in [-0.15, -0.1) is 0 Å². The van der Waals surface area contributed by atoms with Crippen LogP contribution in [0.2, 0.25) is 0 Å². The van der Waals surface area contributed by atoms with Crippen LogP contribution in [0.1, 0.15) is 5.56 Å². The van der Waals surface area contributed by atoms with Crippen LogP contribution in [-0.2, 0) is 6.16 Å². The van der Waals surface area contributed by atoms with E-state index in [9.17, 15) is 10.1 Å². The van der Waals surface area contributed by atoms with Crippen molar-refractivity contribution in [1.29, 1.82) is 0 Å². The number of para-hydroxylation sites is 1. The van der Waals surface area contributed by atoms with Crippen molar-refractivity contribution in [2.24, 2.45) is 0 Å². The number of hydrogen-bond donors (Lipinski definition) is 0. The molecule has 0 aliphatic heterocycles. The highest BCUT2D eigenvalue weighted by atomic mass is 31.2. The molecule has 4 heteroatoms. The van der Waals surface area contributed by atoms with Crippen LogP contribution < -0.4 is 15.9 Å². The van der Waals surface area contributed by atoms with E-state index in [4.69, 9.17) is 0 Å². The Morgan fingerprint density at radius 3 is 1.59 bits per heavy atom. The second kappa shape index (κ2) is 8.38. The first kappa shape index (κ1) is 19.0. The molecule has 0 amide bonds. The minimum atomic E-state index is -2.31. The molecule has 0 saturated carbocycles. The molecule has 0 aromatic heterocycles. The number of nitro benzene ring substituents is 1. The molecule has 0 spiro atoms. The second-order valence-electron chi connectivity index (χ2n) is 6.87. The summed E-state index contributed by atoms with van der Waals surface area (Å²) in [5, 5.41) is 15.1. The molecule has 142 valence electrons. The lowest BCUT2D eigenvalue weighted by Gasteiger charge is -2.27. The topological polar surface area (TPSA) is 43.1 Å². The van der Waals surface area contributed by atoms with Gasteiger partial charge in [-0.2, -0.15) is 0 Å². The van der Waals surface area contributed by atoms with E-state index in [1.54, 1.807) is 12.1 Å². The molecule has 4 aromatic rings. The lowest BCUT2D eigenvalue weighted by molar-refractivity contribution is -0.383. The van der Waals surface area contributed by atoms with Gasteiger partial charge in [0.2, 0.25) is 0 Å². The number of nitro groups is 1. The van der Waals surface area contributed by atoms with Crippen molar-refractivity contribution in [3.05, 3.63) is 131 Å². The third-order valence-corrected chi connectivity index (χ3v) is 9.55. The Bertz CT molecular complexity index is 1060. The molecule has 4 aromatic carbocycles. The van der Waals surface area contributed by atoms with E-state index in [1.165, 1.54) is 5.56 Å². The zero-order valence-electron chi connectivity index (χ0n) is 15.9. The minimum absolute atomic E-state index is 0.185. The monoisotopic (exact) mass is 398 g/mol. The van der Waals surface area contributed by atoms with E-state index in [1.807, 2.05) is 66.7 Å². The molecule has 4 rings (SSSR count). The van der Waals surface area contributed by atoms with Gasteiger partial charge in [0.05, 0.1) is 11.1 Å². The first-order chi connectivity index (χ1) is 14.2. The van der Waals surface area contributed by atoms with Gasteiger partial charge in [0, 0.05) is 6.07 Å². The highest BCUT2D eigenvalue weighted by molar-refractivity contribution is 7.95. The van der Waals surface area contributed by atoms with Crippen LogP contribution in [0.15, 0.2) is 115 Å². The average Bonchev–Trinajstić information content (AvgIpc) is 2.79. The van der Waals surface area contributed by atoms with Crippen LogP contribution in [0.3, 0.4) is 0 Å². The SMILES string of the molecule is O=[N+]([O-])c1ccccc1[P+](Cc1ccccc1)(c1ccccc1)c1ccccc1. The van der Waals surface area contributed by atoms with Gasteiger partial charge in [0.25, 0.3) is 0 Å². The fourth-order valence-corrected chi connectivity index (χ4v) is 8.26. The van der Waals surface area contributed by atoms with Crippen molar-refractivity contribution in [3.8, 4) is 0 Å². The van der Waals surface area contributed by atoms with Gasteiger partial charge >= 0.3 is 5.69 Å². The molecule has 0 aliphatic rings. The summed E-state index contributed by atoms with van der Waals surface area (Å²) in [7, 11) is -2.31. The van der Waals surface area contributed by atoms with Crippen molar-refractivity contribution in [2.75, 3.05) is 0 Å². The predicted molar refractivity (Wildman–Crippen MR) is 122 cm³/mol. The van der Waals surface area contributed by atoms with Gasteiger partial charge in [-0.05, 0) is 35.9 Å². The Balaban J connectivity index is 2.08. The lowest BCUT2D eigenvalue weighted by Crippen LogP contribution is -2.33. The van der Waals surface area contributed by atoms with Gasteiger partial charge in [-0.3, -0.25) is 10.1 Å². The van der Waals surface area contributed by atoms with Gasteiger partial charge in [-0.1, -0.05) is 78.9 Å². The Morgan fingerprint density at radius 2 is 1.07 bits per heavy atom. The van der Waals surface area contributed by atoms with Crippen LogP contribution in [0.5, 0.6) is 0 Å². The zero-order chi connectivity index (χ0) is 20.1. The Kier molecular flexibility index (Phi) is 5.50. The Hall–Kier alpha value is -3.29. The van der Waals surface area contributed by atoms with Crippen molar-refractivity contribution in [1.82, 2.24) is 0 Å². The molecule has 3 nitrogen and oxygen atoms in total. The van der Waals surface area contributed by atoms with Gasteiger partial charge < -0.3 is 0 Å². The normalized spacial score (nSPS) is 11.2. The molecular weight excluding hydrogens is 377 g/mol. The summed E-state index contributed by atoms with van der Waals surface area (Å²) in [4.78, 5) is 11.8. The molecule has 0 fully saturated rings. The van der Waals surface area contributed by atoms with E-state index < -0.39 is 7.26 Å². The van der Waals surface area contributed by atoms with Crippen LogP contribution >= 0.6 is 7.26 Å². The molecule has 0 bridgehead atoms. The maximum atomic E-state index is 12.0. The number of hydrogen-bond acceptors (Lipinski definition) is 2. The largest absolute Gasteiger partial charge is 0.311 e. The molecule has 0 unspecified atom stereocenters. The maximum Gasteiger partial charge on any atom is 0.311 e. The third-order valence-electron chi connectivity index (χ3n) is 5.15. The van der Waals surface area contributed by atoms with E-state index in [-0.39, 0.29) is 10.6 Å². The quantitative estimate of drug-likeness (QED) is 0.258. The summed E-state index contributed by atoms with van der Waals surface area (Å²) < 4.78 is 0. The molecule has 0 N–H and O–H groups in total. The summed E-state index contributed by atoms with van der Waals surface area (Å²) in [6.07, 6.45) is 0.729. The second-order valence-corrected chi connectivity index (χ2v) is 10.3. The minimum Gasteiger partial charge on any atom is -0.258 e. The van der Waals surface area contributed by atoms with E-state index in [0.717, 1.165) is 22.1 Å². The fraction of sp³-hybridized carbons (Fsp3) is 0.0400. The van der Waals surface area contributed by atoms with E-state index in [0.29, 0.717) is 0 Å². The lowest BCUT2D eigenvalue weighted by atomic mass is 10.2. The van der Waals surface area contributed by atoms with Crippen LogP contribution in [0, 0.1) is 10.1 Å². The van der Waals surface area contributed by atoms with E-state index >= 15 is 0 Å². The summed E-state index contributed by atoms with van der Waals surface area (Å²) >= 11 is 0. The number of rotatable bonds is 6.